The van der Waals surface area contributed by atoms with Crippen LogP contribution in [0.1, 0.15) is 28.4 Å². The molecule has 0 spiro atoms. The first-order valence-electron chi connectivity index (χ1n) is 9.68. The Kier molecular flexibility index (Phi) is 7.29. The van der Waals surface area contributed by atoms with Crippen LogP contribution < -0.4 is 16.0 Å². The van der Waals surface area contributed by atoms with E-state index in [1.807, 2.05) is 42.5 Å². The molecule has 152 valence electrons. The van der Waals surface area contributed by atoms with E-state index >= 15 is 0 Å². The maximum atomic E-state index is 12.3. The molecule has 0 bridgehead atoms. The third-order valence-electron chi connectivity index (χ3n) is 4.49. The molecule has 0 radical (unpaired) electrons. The Balaban J connectivity index is 1.50. The first kappa shape index (κ1) is 21.2. The summed E-state index contributed by atoms with van der Waals surface area (Å²) in [7, 11) is 0. The molecule has 3 N–H and O–H groups in total. The SMILES string of the molecule is CCc1ccc(C(=O)NC(=S)Nc2ccc(NC(=O)Cc3ccccc3)cc2)cc1. The van der Waals surface area contributed by atoms with E-state index in [-0.39, 0.29) is 16.9 Å². The molecule has 0 unspecified atom stereocenters. The molecule has 3 aromatic rings. The van der Waals surface area contributed by atoms with Crippen molar-refractivity contribution < 1.29 is 9.59 Å². The zero-order valence-corrected chi connectivity index (χ0v) is 17.5. The fourth-order valence-corrected chi connectivity index (χ4v) is 3.06. The Bertz CT molecular complexity index is 1020. The molecule has 0 aliphatic heterocycles. The lowest BCUT2D eigenvalue weighted by Crippen LogP contribution is -2.34. The lowest BCUT2D eigenvalue weighted by atomic mass is 10.1. The largest absolute Gasteiger partial charge is 0.332 e. The van der Waals surface area contributed by atoms with E-state index in [1.54, 1.807) is 36.4 Å². The molecule has 0 fully saturated rings. The highest BCUT2D eigenvalue weighted by molar-refractivity contribution is 7.80. The second-order valence-electron chi connectivity index (χ2n) is 6.75. The van der Waals surface area contributed by atoms with Crippen molar-refractivity contribution in [2.45, 2.75) is 19.8 Å². The highest BCUT2D eigenvalue weighted by atomic mass is 32.1. The Morgan fingerprint density at radius 3 is 1.97 bits per heavy atom. The van der Waals surface area contributed by atoms with E-state index < -0.39 is 0 Å². The Labute approximate surface area is 181 Å². The van der Waals surface area contributed by atoms with Crippen molar-refractivity contribution in [1.82, 2.24) is 5.32 Å². The van der Waals surface area contributed by atoms with Gasteiger partial charge in [0, 0.05) is 16.9 Å². The van der Waals surface area contributed by atoms with E-state index in [0.29, 0.717) is 23.4 Å². The lowest BCUT2D eigenvalue weighted by Gasteiger charge is -2.11. The molecule has 3 aromatic carbocycles. The fraction of sp³-hybridized carbons (Fsp3) is 0.125. The van der Waals surface area contributed by atoms with Crippen LogP contribution in [0.3, 0.4) is 0 Å². The Morgan fingerprint density at radius 1 is 0.767 bits per heavy atom. The maximum Gasteiger partial charge on any atom is 0.257 e. The number of rotatable bonds is 6. The van der Waals surface area contributed by atoms with Crippen molar-refractivity contribution in [2.75, 3.05) is 10.6 Å². The number of carbonyl (C=O) groups is 2. The summed E-state index contributed by atoms with van der Waals surface area (Å²) in [6.45, 7) is 2.06. The number of anilines is 2. The van der Waals surface area contributed by atoms with Crippen LogP contribution in [0.2, 0.25) is 0 Å². The van der Waals surface area contributed by atoms with Gasteiger partial charge in [-0.1, -0.05) is 49.4 Å². The number of hydrogen-bond donors (Lipinski definition) is 3. The molecule has 30 heavy (non-hydrogen) atoms. The zero-order chi connectivity index (χ0) is 21.3. The summed E-state index contributed by atoms with van der Waals surface area (Å²) in [5.74, 6) is -0.348. The second-order valence-corrected chi connectivity index (χ2v) is 7.15. The Morgan fingerprint density at radius 2 is 1.37 bits per heavy atom. The molecule has 6 heteroatoms. The monoisotopic (exact) mass is 417 g/mol. The average Bonchev–Trinajstić information content (AvgIpc) is 2.75. The highest BCUT2D eigenvalue weighted by Gasteiger charge is 2.08. The van der Waals surface area contributed by atoms with Crippen LogP contribution in [0.4, 0.5) is 11.4 Å². The topological polar surface area (TPSA) is 70.2 Å². The van der Waals surface area contributed by atoms with E-state index in [9.17, 15) is 9.59 Å². The maximum absolute atomic E-state index is 12.3. The Hall–Kier alpha value is -3.51. The molecule has 3 rings (SSSR count). The molecule has 0 atom stereocenters. The predicted molar refractivity (Wildman–Crippen MR) is 125 cm³/mol. The predicted octanol–water partition coefficient (Wildman–Crippen LogP) is 4.56. The normalized spacial score (nSPS) is 10.2. The smallest absolute Gasteiger partial charge is 0.257 e. The molecule has 0 saturated heterocycles. The minimum Gasteiger partial charge on any atom is -0.332 e. The van der Waals surface area contributed by atoms with Crippen LogP contribution in [0.5, 0.6) is 0 Å². The van der Waals surface area contributed by atoms with Crippen molar-refractivity contribution in [3.05, 3.63) is 95.6 Å². The third kappa shape index (κ3) is 6.25. The van der Waals surface area contributed by atoms with Gasteiger partial charge in [0.05, 0.1) is 6.42 Å². The molecule has 5 nitrogen and oxygen atoms in total. The first-order valence-corrected chi connectivity index (χ1v) is 10.1. The van der Waals surface area contributed by atoms with E-state index in [2.05, 4.69) is 22.9 Å². The zero-order valence-electron chi connectivity index (χ0n) is 16.6. The fourth-order valence-electron chi connectivity index (χ4n) is 2.85. The van der Waals surface area contributed by atoms with Gasteiger partial charge in [-0.3, -0.25) is 14.9 Å². The van der Waals surface area contributed by atoms with Gasteiger partial charge in [0.15, 0.2) is 5.11 Å². The minimum absolute atomic E-state index is 0.0845. The van der Waals surface area contributed by atoms with Crippen LogP contribution in [-0.2, 0) is 17.6 Å². The summed E-state index contributed by atoms with van der Waals surface area (Å²) in [5.41, 5.74) is 4.07. The van der Waals surface area contributed by atoms with Crippen molar-refractivity contribution in [3.63, 3.8) is 0 Å². The van der Waals surface area contributed by atoms with Crippen LogP contribution in [0.25, 0.3) is 0 Å². The van der Waals surface area contributed by atoms with Crippen LogP contribution in [0.15, 0.2) is 78.9 Å². The van der Waals surface area contributed by atoms with Gasteiger partial charge >= 0.3 is 0 Å². The summed E-state index contributed by atoms with van der Waals surface area (Å²) < 4.78 is 0. The molecular formula is C24H23N3O2S. The van der Waals surface area contributed by atoms with Crippen molar-refractivity contribution >= 4 is 40.5 Å². The summed E-state index contributed by atoms with van der Waals surface area (Å²) >= 11 is 5.22. The number of hydrogen-bond acceptors (Lipinski definition) is 3. The van der Waals surface area contributed by atoms with Gasteiger partial charge in [-0.05, 0) is 66.2 Å². The first-order chi connectivity index (χ1) is 14.5. The highest BCUT2D eigenvalue weighted by Crippen LogP contribution is 2.14. The van der Waals surface area contributed by atoms with E-state index in [0.717, 1.165) is 12.0 Å². The summed E-state index contributed by atoms with van der Waals surface area (Å²) in [5, 5.41) is 8.71. The molecule has 0 heterocycles. The molecule has 0 aliphatic carbocycles. The third-order valence-corrected chi connectivity index (χ3v) is 4.69. The van der Waals surface area contributed by atoms with Gasteiger partial charge in [0.25, 0.3) is 5.91 Å². The number of thiocarbonyl (C=S) groups is 1. The number of aryl methyl sites for hydroxylation is 1. The number of nitrogens with one attached hydrogen (secondary N) is 3. The summed E-state index contributed by atoms with van der Waals surface area (Å²) in [6, 6.07) is 24.1. The van der Waals surface area contributed by atoms with Gasteiger partial charge < -0.3 is 10.6 Å². The van der Waals surface area contributed by atoms with Crippen LogP contribution in [-0.4, -0.2) is 16.9 Å². The van der Waals surface area contributed by atoms with Gasteiger partial charge in [0.2, 0.25) is 5.91 Å². The minimum atomic E-state index is -0.264. The van der Waals surface area contributed by atoms with Crippen LogP contribution in [0, 0.1) is 0 Å². The molecule has 2 amide bonds. The molecule has 0 aromatic heterocycles. The van der Waals surface area contributed by atoms with Crippen molar-refractivity contribution in [2.24, 2.45) is 0 Å². The van der Waals surface area contributed by atoms with Gasteiger partial charge in [-0.15, -0.1) is 0 Å². The van der Waals surface area contributed by atoms with Gasteiger partial charge in [-0.25, -0.2) is 0 Å². The van der Waals surface area contributed by atoms with E-state index in [1.165, 1.54) is 5.56 Å². The average molecular weight is 418 g/mol. The van der Waals surface area contributed by atoms with Gasteiger partial charge in [-0.2, -0.15) is 0 Å². The summed E-state index contributed by atoms with van der Waals surface area (Å²) in [6.07, 6.45) is 1.24. The second kappa shape index (κ2) is 10.3. The standard InChI is InChI=1S/C24H23N3O2S/c1-2-17-8-10-19(11-9-17)23(29)27-24(30)26-21-14-12-20(13-15-21)25-22(28)16-18-6-4-3-5-7-18/h3-15H,2,16H2,1H3,(H,25,28)(H2,26,27,29,30). The van der Waals surface area contributed by atoms with Gasteiger partial charge in [0.1, 0.15) is 0 Å². The molecular weight excluding hydrogens is 394 g/mol. The van der Waals surface area contributed by atoms with Crippen LogP contribution >= 0.6 is 12.2 Å². The molecule has 0 aliphatic rings. The van der Waals surface area contributed by atoms with E-state index in [4.69, 9.17) is 12.2 Å². The lowest BCUT2D eigenvalue weighted by molar-refractivity contribution is -0.115. The summed E-state index contributed by atoms with van der Waals surface area (Å²) in [4.78, 5) is 24.4. The number of benzene rings is 3. The quantitative estimate of drug-likeness (QED) is 0.515. The number of amides is 2. The van der Waals surface area contributed by atoms with Crippen molar-refractivity contribution in [3.8, 4) is 0 Å². The number of carbonyl (C=O) groups excluding carboxylic acids is 2. The molecule has 0 saturated carbocycles. The van der Waals surface area contributed by atoms with Crippen molar-refractivity contribution in [1.29, 1.82) is 0 Å².